The fourth-order valence-electron chi connectivity index (χ4n) is 3.21. The van der Waals surface area contributed by atoms with Crippen molar-refractivity contribution in [3.8, 4) is 11.4 Å². The fraction of sp³-hybridized carbons (Fsp3) is 0.263. The summed E-state index contributed by atoms with van der Waals surface area (Å²) in [6.07, 6.45) is -0.446. The van der Waals surface area contributed by atoms with Crippen molar-refractivity contribution in [2.45, 2.75) is 19.9 Å². The number of carboxylic acid groups (broad SMARTS) is 1. The van der Waals surface area contributed by atoms with E-state index >= 15 is 0 Å². The number of halogens is 2. The minimum Gasteiger partial charge on any atom is -0.465 e. The van der Waals surface area contributed by atoms with Gasteiger partial charge in [-0.2, -0.15) is 0 Å². The third-order valence-corrected chi connectivity index (χ3v) is 5.26. The van der Waals surface area contributed by atoms with E-state index in [1.54, 1.807) is 6.92 Å². The van der Waals surface area contributed by atoms with Crippen LogP contribution in [0.5, 0.6) is 0 Å². The molecule has 1 amide bonds. The molecule has 0 bridgehead atoms. The van der Waals surface area contributed by atoms with Crippen molar-refractivity contribution < 1.29 is 27.1 Å². The Morgan fingerprint density at radius 3 is 2.53 bits per heavy atom. The average molecular weight is 466 g/mol. The Balaban J connectivity index is 2.11. The lowest BCUT2D eigenvalue weighted by atomic mass is 10.1. The van der Waals surface area contributed by atoms with Gasteiger partial charge in [-0.3, -0.25) is 9.62 Å². The van der Waals surface area contributed by atoms with Gasteiger partial charge >= 0.3 is 6.09 Å². The van der Waals surface area contributed by atoms with Crippen molar-refractivity contribution in [3.63, 3.8) is 0 Å². The summed E-state index contributed by atoms with van der Waals surface area (Å²) in [5.41, 5.74) is 0.661. The summed E-state index contributed by atoms with van der Waals surface area (Å²) in [6, 6.07) is 5.28. The van der Waals surface area contributed by atoms with Crippen LogP contribution in [-0.4, -0.2) is 45.9 Å². The number of nitrogens with one attached hydrogen (secondary N) is 1. The van der Waals surface area contributed by atoms with Crippen LogP contribution in [0.4, 0.5) is 25.1 Å². The molecule has 0 fully saturated rings. The second-order valence-electron chi connectivity index (χ2n) is 7.06. The number of aryl methyl sites for hydroxylation is 2. The molecule has 0 aliphatic rings. The van der Waals surface area contributed by atoms with Gasteiger partial charge in [-0.15, -0.1) is 5.10 Å². The first-order valence-electron chi connectivity index (χ1n) is 9.22. The van der Waals surface area contributed by atoms with Gasteiger partial charge in [0.15, 0.2) is 23.1 Å². The monoisotopic (exact) mass is 466 g/mol. The van der Waals surface area contributed by atoms with Gasteiger partial charge in [0.25, 0.3) is 0 Å². The highest BCUT2D eigenvalue weighted by Gasteiger charge is 2.32. The van der Waals surface area contributed by atoms with E-state index in [-0.39, 0.29) is 28.5 Å². The highest BCUT2D eigenvalue weighted by Crippen LogP contribution is 2.35. The van der Waals surface area contributed by atoms with Gasteiger partial charge in [0.2, 0.25) is 10.0 Å². The minimum absolute atomic E-state index is 0.0237. The first-order chi connectivity index (χ1) is 14.9. The minimum atomic E-state index is -3.53. The zero-order chi connectivity index (χ0) is 23.8. The van der Waals surface area contributed by atoms with Crippen molar-refractivity contribution in [1.29, 1.82) is 0 Å². The molecule has 32 heavy (non-hydrogen) atoms. The largest absolute Gasteiger partial charge is 0.465 e. The van der Waals surface area contributed by atoms with E-state index in [2.05, 4.69) is 20.0 Å². The summed E-state index contributed by atoms with van der Waals surface area (Å²) < 4.78 is 54.6. The first-order valence-corrected chi connectivity index (χ1v) is 11.1. The topological polar surface area (TPSA) is 130 Å². The molecule has 170 valence electrons. The van der Waals surface area contributed by atoms with Crippen LogP contribution in [0.3, 0.4) is 0 Å². The molecule has 13 heteroatoms. The van der Waals surface area contributed by atoms with Crippen molar-refractivity contribution >= 4 is 27.6 Å². The zero-order valence-corrected chi connectivity index (χ0v) is 18.4. The number of aromatic nitrogens is 4. The Morgan fingerprint density at radius 1 is 1.25 bits per heavy atom. The highest BCUT2D eigenvalue weighted by molar-refractivity contribution is 7.92. The SMILES string of the molecule is Cc1nc(-c2nnn(C)c2N(C(=O)O)[C@H](C)c2cccc(F)c2F)ccc1NS(C)(=O)=O. The molecule has 0 spiro atoms. The number of anilines is 2. The van der Waals surface area contributed by atoms with Crippen molar-refractivity contribution in [2.75, 3.05) is 15.9 Å². The van der Waals surface area contributed by atoms with Crippen molar-refractivity contribution in [2.24, 2.45) is 7.05 Å². The van der Waals surface area contributed by atoms with Crippen LogP contribution in [0.15, 0.2) is 30.3 Å². The molecule has 3 rings (SSSR count). The number of amides is 1. The normalized spacial score (nSPS) is 12.4. The maximum absolute atomic E-state index is 14.4. The van der Waals surface area contributed by atoms with Crippen LogP contribution in [0.2, 0.25) is 0 Å². The van der Waals surface area contributed by atoms with Gasteiger partial charge in [0, 0.05) is 12.6 Å². The molecule has 0 saturated heterocycles. The zero-order valence-electron chi connectivity index (χ0n) is 17.5. The number of hydrogen-bond donors (Lipinski definition) is 2. The van der Waals surface area contributed by atoms with E-state index in [9.17, 15) is 27.1 Å². The highest BCUT2D eigenvalue weighted by atomic mass is 32.2. The second-order valence-corrected chi connectivity index (χ2v) is 8.81. The predicted octanol–water partition coefficient (Wildman–Crippen LogP) is 3.08. The molecule has 0 aliphatic heterocycles. The van der Waals surface area contributed by atoms with Crippen LogP contribution < -0.4 is 9.62 Å². The van der Waals surface area contributed by atoms with Gasteiger partial charge in [-0.25, -0.2) is 31.7 Å². The summed E-state index contributed by atoms with van der Waals surface area (Å²) in [7, 11) is -2.08. The Bertz CT molecular complexity index is 1290. The molecule has 0 unspecified atom stereocenters. The van der Waals surface area contributed by atoms with Crippen molar-refractivity contribution in [1.82, 2.24) is 20.0 Å². The number of hydrogen-bond acceptors (Lipinski definition) is 6. The molecule has 2 N–H and O–H groups in total. The molecule has 0 radical (unpaired) electrons. The Labute approximate surface area is 182 Å². The molecule has 1 aromatic carbocycles. The van der Waals surface area contributed by atoms with E-state index in [0.29, 0.717) is 5.69 Å². The van der Waals surface area contributed by atoms with Gasteiger partial charge in [0.1, 0.15) is 0 Å². The van der Waals surface area contributed by atoms with E-state index < -0.39 is 33.8 Å². The van der Waals surface area contributed by atoms with Gasteiger partial charge < -0.3 is 5.11 Å². The maximum atomic E-state index is 14.4. The quantitative estimate of drug-likeness (QED) is 0.571. The number of nitrogens with zero attached hydrogens (tertiary/aromatic N) is 5. The summed E-state index contributed by atoms with van der Waals surface area (Å²) in [6.45, 7) is 2.97. The number of benzene rings is 1. The Morgan fingerprint density at radius 2 is 1.94 bits per heavy atom. The Kier molecular flexibility index (Phi) is 6.12. The van der Waals surface area contributed by atoms with Crippen LogP contribution in [0.25, 0.3) is 11.4 Å². The van der Waals surface area contributed by atoms with Crippen LogP contribution in [0, 0.1) is 18.6 Å². The van der Waals surface area contributed by atoms with Gasteiger partial charge in [-0.1, -0.05) is 17.3 Å². The average Bonchev–Trinajstić information content (AvgIpc) is 3.05. The molecular formula is C19H20F2N6O4S. The molecule has 10 nitrogen and oxygen atoms in total. The van der Waals surface area contributed by atoms with Crippen LogP contribution in [-0.2, 0) is 17.1 Å². The second kappa shape index (κ2) is 8.49. The van der Waals surface area contributed by atoms with Crippen LogP contribution >= 0.6 is 0 Å². The molecule has 0 saturated carbocycles. The fourth-order valence-corrected chi connectivity index (χ4v) is 3.83. The Hall–Kier alpha value is -3.61. The van der Waals surface area contributed by atoms with Gasteiger partial charge in [0.05, 0.1) is 29.4 Å². The van der Waals surface area contributed by atoms with E-state index in [1.807, 2.05) is 0 Å². The molecule has 0 aliphatic carbocycles. The number of sulfonamides is 1. The van der Waals surface area contributed by atoms with E-state index in [1.165, 1.54) is 42.9 Å². The van der Waals surface area contributed by atoms with E-state index in [0.717, 1.165) is 17.2 Å². The predicted molar refractivity (Wildman–Crippen MR) is 113 cm³/mol. The molecular weight excluding hydrogens is 446 g/mol. The summed E-state index contributed by atoms with van der Waals surface area (Å²) >= 11 is 0. The van der Waals surface area contributed by atoms with E-state index in [4.69, 9.17) is 0 Å². The summed E-state index contributed by atoms with van der Waals surface area (Å²) in [4.78, 5) is 17.3. The number of carbonyl (C=O) groups is 1. The number of rotatable bonds is 6. The number of pyridine rings is 1. The third-order valence-electron chi connectivity index (χ3n) is 4.67. The molecule has 1 atom stereocenters. The standard InChI is InChI=1S/C19H20F2N6O4S/c1-10-14(24-32(4,30)31)8-9-15(22-10)17-18(26(3)25-23-17)27(19(28)29)11(2)12-6-5-7-13(20)16(12)21/h5-9,11,24H,1-4H3,(H,28,29)/t11-/m1/s1. The van der Waals surface area contributed by atoms with Crippen LogP contribution in [0.1, 0.15) is 24.2 Å². The van der Waals surface area contributed by atoms with Gasteiger partial charge in [-0.05, 0) is 32.0 Å². The lowest BCUT2D eigenvalue weighted by Gasteiger charge is -2.27. The maximum Gasteiger partial charge on any atom is 0.413 e. The first kappa shape index (κ1) is 23.1. The molecule has 2 aromatic heterocycles. The van der Waals surface area contributed by atoms with Crippen molar-refractivity contribution in [3.05, 3.63) is 53.2 Å². The summed E-state index contributed by atoms with van der Waals surface area (Å²) in [5.74, 6) is -2.29. The summed E-state index contributed by atoms with van der Waals surface area (Å²) in [5, 5.41) is 17.8. The lowest BCUT2D eigenvalue weighted by molar-refractivity contribution is 0.199. The molecule has 2 heterocycles. The third kappa shape index (κ3) is 4.51. The molecule has 3 aromatic rings. The lowest BCUT2D eigenvalue weighted by Crippen LogP contribution is -2.34. The smallest absolute Gasteiger partial charge is 0.413 e.